The Hall–Kier alpha value is -1.47. The van der Waals surface area contributed by atoms with Gasteiger partial charge in [0.05, 0.1) is 18.2 Å². The molecule has 1 fully saturated rings. The van der Waals surface area contributed by atoms with E-state index in [-0.39, 0.29) is 6.10 Å². The summed E-state index contributed by atoms with van der Waals surface area (Å²) in [7, 11) is 2.00. The van der Waals surface area contributed by atoms with Crippen LogP contribution in [-0.4, -0.2) is 31.6 Å². The van der Waals surface area contributed by atoms with E-state index < -0.39 is 0 Å². The number of imidazole rings is 1. The second-order valence-corrected chi connectivity index (χ2v) is 6.52. The average Bonchev–Trinajstić information content (AvgIpc) is 3.08. The average molecular weight is 307 g/mol. The van der Waals surface area contributed by atoms with Gasteiger partial charge in [-0.05, 0) is 12.8 Å². The molecule has 7 heteroatoms. The summed E-state index contributed by atoms with van der Waals surface area (Å²) in [6, 6.07) is 0.367. The predicted octanol–water partition coefficient (Wildman–Crippen LogP) is 2.73. The Balaban J connectivity index is 1.64. The van der Waals surface area contributed by atoms with Crippen LogP contribution in [0, 0.1) is 0 Å². The van der Waals surface area contributed by atoms with Gasteiger partial charge in [-0.25, -0.2) is 9.97 Å². The topological polar surface area (TPSA) is 64.9 Å². The second-order valence-electron chi connectivity index (χ2n) is 5.77. The fourth-order valence-corrected chi connectivity index (χ4v) is 3.30. The number of rotatable bonds is 4. The normalized spacial score (nSPS) is 22.7. The van der Waals surface area contributed by atoms with Crippen molar-refractivity contribution in [1.82, 2.24) is 18.9 Å². The summed E-state index contributed by atoms with van der Waals surface area (Å²) in [5.41, 5.74) is 1.13. The van der Waals surface area contributed by atoms with Crippen LogP contribution in [0.4, 0.5) is 5.13 Å². The SMILES string of the molecule is CC(C)c1nsc(N[C@@H]2CCO[C@H](c3cncn3C)C2)n1. The standard InChI is InChI=1S/C14H21N5OS/c1-9(2)13-17-14(21-18-13)16-10-4-5-20-12(6-10)11-7-15-8-19(11)3/h7-10,12H,4-6H2,1-3H3,(H,16,17,18)/t10-,12+/m1/s1. The number of aromatic nitrogens is 4. The summed E-state index contributed by atoms with van der Waals surface area (Å²) in [6.07, 6.45) is 5.71. The molecule has 0 unspecified atom stereocenters. The predicted molar refractivity (Wildman–Crippen MR) is 82.5 cm³/mol. The molecule has 2 atom stereocenters. The fraction of sp³-hybridized carbons (Fsp3) is 0.643. The van der Waals surface area contributed by atoms with E-state index in [0.717, 1.165) is 36.1 Å². The smallest absolute Gasteiger partial charge is 0.202 e. The lowest BCUT2D eigenvalue weighted by Crippen LogP contribution is -2.30. The highest BCUT2D eigenvalue weighted by Gasteiger charge is 2.26. The van der Waals surface area contributed by atoms with Crippen molar-refractivity contribution in [2.75, 3.05) is 11.9 Å². The zero-order chi connectivity index (χ0) is 14.8. The van der Waals surface area contributed by atoms with Gasteiger partial charge in [0.15, 0.2) is 0 Å². The molecule has 0 saturated carbocycles. The highest BCUT2D eigenvalue weighted by molar-refractivity contribution is 7.09. The molecule has 0 spiro atoms. The molecule has 1 saturated heterocycles. The third-order valence-electron chi connectivity index (χ3n) is 3.75. The van der Waals surface area contributed by atoms with Crippen molar-refractivity contribution < 1.29 is 4.74 Å². The number of hydrogen-bond donors (Lipinski definition) is 1. The van der Waals surface area contributed by atoms with Gasteiger partial charge >= 0.3 is 0 Å². The van der Waals surface area contributed by atoms with Crippen molar-refractivity contribution in [3.8, 4) is 0 Å². The van der Waals surface area contributed by atoms with Crippen molar-refractivity contribution in [3.05, 3.63) is 24.0 Å². The summed E-state index contributed by atoms with van der Waals surface area (Å²) < 4.78 is 12.3. The Morgan fingerprint density at radius 1 is 1.48 bits per heavy atom. The van der Waals surface area contributed by atoms with Crippen LogP contribution in [0.2, 0.25) is 0 Å². The molecule has 3 rings (SSSR count). The van der Waals surface area contributed by atoms with Gasteiger partial charge in [0.2, 0.25) is 5.13 Å². The Morgan fingerprint density at radius 3 is 3.00 bits per heavy atom. The summed E-state index contributed by atoms with van der Waals surface area (Å²) in [5.74, 6) is 1.28. The summed E-state index contributed by atoms with van der Waals surface area (Å²) in [6.45, 7) is 4.97. The van der Waals surface area contributed by atoms with Gasteiger partial charge in [0, 0.05) is 37.1 Å². The van der Waals surface area contributed by atoms with Crippen LogP contribution in [0.3, 0.4) is 0 Å². The Kier molecular flexibility index (Phi) is 4.21. The van der Waals surface area contributed by atoms with Gasteiger partial charge in [-0.2, -0.15) is 4.37 Å². The minimum atomic E-state index is 0.0984. The molecule has 0 radical (unpaired) electrons. The third kappa shape index (κ3) is 3.24. The number of nitrogens with one attached hydrogen (secondary N) is 1. The van der Waals surface area contributed by atoms with Crippen LogP contribution in [0.25, 0.3) is 0 Å². The largest absolute Gasteiger partial charge is 0.372 e. The monoisotopic (exact) mass is 307 g/mol. The molecule has 21 heavy (non-hydrogen) atoms. The lowest BCUT2D eigenvalue weighted by Gasteiger charge is -2.30. The van der Waals surface area contributed by atoms with Gasteiger partial charge in [0.1, 0.15) is 11.9 Å². The number of aryl methyl sites for hydroxylation is 1. The molecule has 0 aliphatic carbocycles. The van der Waals surface area contributed by atoms with Gasteiger partial charge in [-0.15, -0.1) is 0 Å². The lowest BCUT2D eigenvalue weighted by atomic mass is 10.0. The molecule has 1 N–H and O–H groups in total. The molecular weight excluding hydrogens is 286 g/mol. The molecule has 1 aliphatic heterocycles. The van der Waals surface area contributed by atoms with Crippen molar-refractivity contribution >= 4 is 16.7 Å². The third-order valence-corrected chi connectivity index (χ3v) is 4.41. The van der Waals surface area contributed by atoms with E-state index in [1.807, 2.05) is 24.1 Å². The Labute approximate surface area is 128 Å². The van der Waals surface area contributed by atoms with Crippen molar-refractivity contribution in [2.45, 2.75) is 44.8 Å². The Bertz CT molecular complexity index is 594. The van der Waals surface area contributed by atoms with Crippen molar-refractivity contribution in [2.24, 2.45) is 7.05 Å². The molecule has 3 heterocycles. The van der Waals surface area contributed by atoms with Crippen LogP contribution in [0.15, 0.2) is 12.5 Å². The van der Waals surface area contributed by atoms with Crippen LogP contribution in [0.5, 0.6) is 0 Å². The molecule has 0 aromatic carbocycles. The van der Waals surface area contributed by atoms with Gasteiger partial charge < -0.3 is 14.6 Å². The minimum Gasteiger partial charge on any atom is -0.372 e. The Morgan fingerprint density at radius 2 is 2.33 bits per heavy atom. The van der Waals surface area contributed by atoms with Crippen LogP contribution in [-0.2, 0) is 11.8 Å². The number of ether oxygens (including phenoxy) is 1. The molecule has 1 aliphatic rings. The zero-order valence-electron chi connectivity index (χ0n) is 12.6. The molecule has 2 aromatic rings. The van der Waals surface area contributed by atoms with E-state index in [2.05, 4.69) is 33.5 Å². The molecule has 0 bridgehead atoms. The quantitative estimate of drug-likeness (QED) is 0.941. The first-order chi connectivity index (χ1) is 10.1. The van der Waals surface area contributed by atoms with Gasteiger partial charge in [-0.3, -0.25) is 0 Å². The van der Waals surface area contributed by atoms with Crippen molar-refractivity contribution in [3.63, 3.8) is 0 Å². The molecule has 114 valence electrons. The maximum absolute atomic E-state index is 5.88. The first-order valence-electron chi connectivity index (χ1n) is 7.31. The minimum absolute atomic E-state index is 0.0984. The maximum atomic E-state index is 5.88. The van der Waals surface area contributed by atoms with E-state index in [0.29, 0.717) is 12.0 Å². The van der Waals surface area contributed by atoms with E-state index in [1.54, 1.807) is 0 Å². The van der Waals surface area contributed by atoms with Crippen LogP contribution >= 0.6 is 11.5 Å². The highest BCUT2D eigenvalue weighted by Crippen LogP contribution is 2.30. The van der Waals surface area contributed by atoms with E-state index in [4.69, 9.17) is 4.74 Å². The maximum Gasteiger partial charge on any atom is 0.202 e. The molecule has 6 nitrogen and oxygen atoms in total. The summed E-state index contributed by atoms with van der Waals surface area (Å²) in [5, 5.41) is 4.41. The molecule has 2 aromatic heterocycles. The number of anilines is 1. The van der Waals surface area contributed by atoms with Crippen molar-refractivity contribution in [1.29, 1.82) is 0 Å². The number of hydrogen-bond acceptors (Lipinski definition) is 6. The van der Waals surface area contributed by atoms with Gasteiger partial charge in [0.25, 0.3) is 0 Å². The molecule has 0 amide bonds. The second kappa shape index (κ2) is 6.11. The van der Waals surface area contributed by atoms with E-state index >= 15 is 0 Å². The van der Waals surface area contributed by atoms with Crippen LogP contribution < -0.4 is 5.32 Å². The van der Waals surface area contributed by atoms with E-state index in [9.17, 15) is 0 Å². The van der Waals surface area contributed by atoms with Crippen LogP contribution in [0.1, 0.15) is 50.2 Å². The first kappa shape index (κ1) is 14.5. The number of nitrogens with zero attached hydrogens (tertiary/aromatic N) is 4. The summed E-state index contributed by atoms with van der Waals surface area (Å²) >= 11 is 1.44. The fourth-order valence-electron chi connectivity index (χ4n) is 2.51. The lowest BCUT2D eigenvalue weighted by molar-refractivity contribution is 0.00559. The highest BCUT2D eigenvalue weighted by atomic mass is 32.1. The van der Waals surface area contributed by atoms with E-state index in [1.165, 1.54) is 11.5 Å². The first-order valence-corrected chi connectivity index (χ1v) is 8.08. The molecular formula is C14H21N5OS. The zero-order valence-corrected chi connectivity index (χ0v) is 13.4. The summed E-state index contributed by atoms with van der Waals surface area (Å²) in [4.78, 5) is 8.72. The van der Waals surface area contributed by atoms with Gasteiger partial charge in [-0.1, -0.05) is 13.8 Å².